The lowest BCUT2D eigenvalue weighted by atomic mass is 10.1. The van der Waals surface area contributed by atoms with E-state index in [9.17, 15) is 9.90 Å². The van der Waals surface area contributed by atoms with Gasteiger partial charge in [-0.05, 0) is 50.6 Å². The Hall–Kier alpha value is -1.55. The molecule has 19 heavy (non-hydrogen) atoms. The Morgan fingerprint density at radius 1 is 1.26 bits per heavy atom. The predicted octanol–water partition coefficient (Wildman–Crippen LogP) is 1.70. The topological polar surface area (TPSA) is 43.8 Å². The number of aromatic hydroxyl groups is 1. The molecule has 1 amide bonds. The summed E-state index contributed by atoms with van der Waals surface area (Å²) in [6.07, 6.45) is 2.45. The third-order valence-electron chi connectivity index (χ3n) is 4.31. The lowest BCUT2D eigenvalue weighted by Gasteiger charge is -2.42. The highest BCUT2D eigenvalue weighted by Crippen LogP contribution is 2.25. The molecule has 1 aromatic rings. The Kier molecular flexibility index (Phi) is 3.19. The van der Waals surface area contributed by atoms with Crippen LogP contribution < -0.4 is 0 Å². The van der Waals surface area contributed by atoms with Gasteiger partial charge < -0.3 is 10.0 Å². The third-order valence-corrected chi connectivity index (χ3v) is 4.31. The highest BCUT2D eigenvalue weighted by Gasteiger charge is 2.36. The van der Waals surface area contributed by atoms with Gasteiger partial charge in [0.2, 0.25) is 0 Å². The van der Waals surface area contributed by atoms with Crippen molar-refractivity contribution < 1.29 is 9.90 Å². The third kappa shape index (κ3) is 2.32. The molecule has 0 bridgehead atoms. The molecule has 2 fully saturated rings. The summed E-state index contributed by atoms with van der Waals surface area (Å²) in [4.78, 5) is 17.0. The Labute approximate surface area is 113 Å². The van der Waals surface area contributed by atoms with Gasteiger partial charge in [0.05, 0.1) is 0 Å². The summed E-state index contributed by atoms with van der Waals surface area (Å²) < 4.78 is 0. The summed E-state index contributed by atoms with van der Waals surface area (Å²) in [5.41, 5.74) is 0.663. The number of benzene rings is 1. The fourth-order valence-electron chi connectivity index (χ4n) is 3.24. The van der Waals surface area contributed by atoms with E-state index >= 15 is 0 Å². The molecule has 0 aromatic heterocycles. The van der Waals surface area contributed by atoms with E-state index < -0.39 is 0 Å². The van der Waals surface area contributed by atoms with Gasteiger partial charge in [-0.25, -0.2) is 0 Å². The van der Waals surface area contributed by atoms with Crippen LogP contribution in [0.2, 0.25) is 0 Å². The van der Waals surface area contributed by atoms with Gasteiger partial charge in [-0.1, -0.05) is 0 Å². The number of hydrogen-bond donors (Lipinski definition) is 1. The Morgan fingerprint density at radius 2 is 2.00 bits per heavy atom. The Morgan fingerprint density at radius 3 is 2.74 bits per heavy atom. The van der Waals surface area contributed by atoms with E-state index in [2.05, 4.69) is 11.8 Å². The first-order valence-corrected chi connectivity index (χ1v) is 6.99. The number of hydrogen-bond acceptors (Lipinski definition) is 3. The molecule has 4 heteroatoms. The fourth-order valence-corrected chi connectivity index (χ4v) is 3.24. The van der Waals surface area contributed by atoms with Crippen LogP contribution in [0.25, 0.3) is 0 Å². The van der Waals surface area contributed by atoms with Crippen molar-refractivity contribution in [1.29, 1.82) is 0 Å². The molecule has 2 unspecified atom stereocenters. The zero-order chi connectivity index (χ0) is 13.4. The van der Waals surface area contributed by atoms with Crippen LogP contribution in [0, 0.1) is 0 Å². The maximum absolute atomic E-state index is 12.5. The summed E-state index contributed by atoms with van der Waals surface area (Å²) in [5.74, 6) is 0.282. The minimum Gasteiger partial charge on any atom is -0.508 e. The summed E-state index contributed by atoms with van der Waals surface area (Å²) >= 11 is 0. The van der Waals surface area contributed by atoms with Crippen molar-refractivity contribution in [3.05, 3.63) is 29.8 Å². The maximum Gasteiger partial charge on any atom is 0.254 e. The lowest BCUT2D eigenvalue weighted by Crippen LogP contribution is -2.56. The van der Waals surface area contributed by atoms with E-state index in [1.165, 1.54) is 19.4 Å². The SMILES string of the molecule is CC1CN2CCCC2CN1C(=O)c1ccc(O)cc1. The molecule has 2 aliphatic heterocycles. The first-order chi connectivity index (χ1) is 9.15. The molecule has 1 aromatic carbocycles. The molecule has 2 atom stereocenters. The van der Waals surface area contributed by atoms with Crippen LogP contribution in [-0.2, 0) is 0 Å². The number of nitrogens with zero attached hydrogens (tertiary/aromatic N) is 2. The van der Waals surface area contributed by atoms with Crippen LogP contribution in [0.5, 0.6) is 5.75 Å². The van der Waals surface area contributed by atoms with E-state index in [-0.39, 0.29) is 17.7 Å². The van der Waals surface area contributed by atoms with Crippen molar-refractivity contribution in [2.45, 2.75) is 31.8 Å². The second-order valence-electron chi connectivity index (χ2n) is 5.64. The molecule has 1 N–H and O–H groups in total. The zero-order valence-electron chi connectivity index (χ0n) is 11.2. The van der Waals surface area contributed by atoms with Gasteiger partial charge in [-0.2, -0.15) is 0 Å². The molecule has 0 saturated carbocycles. The number of carbonyl (C=O) groups excluding carboxylic acids is 1. The number of phenolic OH excluding ortho intramolecular Hbond substituents is 1. The summed E-state index contributed by atoms with van der Waals surface area (Å²) in [7, 11) is 0. The molecule has 4 nitrogen and oxygen atoms in total. The van der Waals surface area contributed by atoms with Gasteiger partial charge >= 0.3 is 0 Å². The minimum atomic E-state index is 0.0825. The maximum atomic E-state index is 12.5. The fraction of sp³-hybridized carbons (Fsp3) is 0.533. The number of fused-ring (bicyclic) bond motifs is 1. The first kappa shape index (κ1) is 12.5. The predicted molar refractivity (Wildman–Crippen MR) is 73.2 cm³/mol. The molecule has 3 rings (SSSR count). The number of rotatable bonds is 1. The van der Waals surface area contributed by atoms with E-state index in [0.717, 1.165) is 13.1 Å². The number of amides is 1. The van der Waals surface area contributed by atoms with Crippen LogP contribution in [0.1, 0.15) is 30.1 Å². The van der Waals surface area contributed by atoms with Gasteiger partial charge in [0.25, 0.3) is 5.91 Å². The number of piperazine rings is 1. The quantitative estimate of drug-likeness (QED) is 0.836. The van der Waals surface area contributed by atoms with E-state index in [4.69, 9.17) is 0 Å². The van der Waals surface area contributed by atoms with Crippen molar-refractivity contribution in [3.63, 3.8) is 0 Å². The van der Waals surface area contributed by atoms with Crippen LogP contribution in [0.15, 0.2) is 24.3 Å². The molecule has 102 valence electrons. The normalized spacial score (nSPS) is 27.3. The highest BCUT2D eigenvalue weighted by atomic mass is 16.3. The molecule has 2 aliphatic rings. The average Bonchev–Trinajstić information content (AvgIpc) is 2.85. The Bertz CT molecular complexity index is 472. The number of phenols is 1. The van der Waals surface area contributed by atoms with Crippen molar-refractivity contribution >= 4 is 5.91 Å². The minimum absolute atomic E-state index is 0.0825. The standard InChI is InChI=1S/C15H20N2O2/c1-11-9-16-8-2-3-13(16)10-17(11)15(19)12-4-6-14(18)7-5-12/h4-7,11,13,18H,2-3,8-10H2,1H3. The molecule has 0 aliphatic carbocycles. The first-order valence-electron chi connectivity index (χ1n) is 6.99. The molecular weight excluding hydrogens is 240 g/mol. The average molecular weight is 260 g/mol. The largest absolute Gasteiger partial charge is 0.508 e. The molecule has 0 radical (unpaired) electrons. The van der Waals surface area contributed by atoms with E-state index in [1.54, 1.807) is 24.3 Å². The van der Waals surface area contributed by atoms with Crippen LogP contribution in [0.4, 0.5) is 0 Å². The smallest absolute Gasteiger partial charge is 0.254 e. The van der Waals surface area contributed by atoms with Crippen molar-refractivity contribution in [3.8, 4) is 5.75 Å². The second-order valence-corrected chi connectivity index (χ2v) is 5.64. The lowest BCUT2D eigenvalue weighted by molar-refractivity contribution is 0.0395. The van der Waals surface area contributed by atoms with Gasteiger partial charge in [0.1, 0.15) is 5.75 Å². The van der Waals surface area contributed by atoms with E-state index in [1.807, 2.05) is 4.90 Å². The van der Waals surface area contributed by atoms with E-state index in [0.29, 0.717) is 11.6 Å². The summed E-state index contributed by atoms with van der Waals surface area (Å²) in [6.45, 7) is 5.11. The van der Waals surface area contributed by atoms with Crippen LogP contribution in [-0.4, -0.2) is 52.5 Å². The van der Waals surface area contributed by atoms with Crippen LogP contribution in [0.3, 0.4) is 0 Å². The Balaban J connectivity index is 1.77. The van der Waals surface area contributed by atoms with Crippen molar-refractivity contribution in [2.75, 3.05) is 19.6 Å². The summed E-state index contributed by atoms with van der Waals surface area (Å²) in [6, 6.07) is 7.34. The molecule has 2 heterocycles. The molecular formula is C15H20N2O2. The molecule has 0 spiro atoms. The van der Waals surface area contributed by atoms with Gasteiger partial charge in [0, 0.05) is 30.7 Å². The monoisotopic (exact) mass is 260 g/mol. The van der Waals surface area contributed by atoms with Gasteiger partial charge in [0.15, 0.2) is 0 Å². The van der Waals surface area contributed by atoms with Crippen LogP contribution >= 0.6 is 0 Å². The summed E-state index contributed by atoms with van der Waals surface area (Å²) in [5, 5.41) is 9.29. The van der Waals surface area contributed by atoms with Gasteiger partial charge in [-0.15, -0.1) is 0 Å². The highest BCUT2D eigenvalue weighted by molar-refractivity contribution is 5.94. The second kappa shape index (κ2) is 4.85. The van der Waals surface area contributed by atoms with Gasteiger partial charge in [-0.3, -0.25) is 9.69 Å². The number of carbonyl (C=O) groups is 1. The molecule has 2 saturated heterocycles. The van der Waals surface area contributed by atoms with Crippen molar-refractivity contribution in [2.24, 2.45) is 0 Å². The van der Waals surface area contributed by atoms with Crippen molar-refractivity contribution in [1.82, 2.24) is 9.80 Å². The zero-order valence-corrected chi connectivity index (χ0v) is 11.2.